The lowest BCUT2D eigenvalue weighted by atomic mass is 10.1. The summed E-state index contributed by atoms with van der Waals surface area (Å²) in [4.78, 5) is 6.79. The van der Waals surface area contributed by atoms with Crippen LogP contribution in [0.3, 0.4) is 0 Å². The molecule has 0 bridgehead atoms. The summed E-state index contributed by atoms with van der Waals surface area (Å²) in [5, 5.41) is 3.44. The first-order valence-electron chi connectivity index (χ1n) is 6.52. The van der Waals surface area contributed by atoms with Crippen molar-refractivity contribution in [2.24, 2.45) is 0 Å². The third kappa shape index (κ3) is 3.70. The Morgan fingerprint density at radius 3 is 2.41 bits per heavy atom. The summed E-state index contributed by atoms with van der Waals surface area (Å²) in [6.45, 7) is 9.66. The molecule has 0 saturated heterocycles. The number of aromatic nitrogens is 1. The molecular weight excluding hydrogens is 210 g/mol. The van der Waals surface area contributed by atoms with Crippen molar-refractivity contribution in [3.8, 4) is 0 Å². The van der Waals surface area contributed by atoms with Crippen LogP contribution >= 0.6 is 0 Å². The standard InChI is InChI=1S/C14H25N3/c1-6-13(15-7-2)14-9-8-12(10-16-14)17(5)11(3)4/h8-11,13,15H,6-7H2,1-5H3. The first-order chi connectivity index (χ1) is 8.10. The van der Waals surface area contributed by atoms with Crippen LogP contribution in [0.25, 0.3) is 0 Å². The molecule has 17 heavy (non-hydrogen) atoms. The Kier molecular flexibility index (Phi) is 5.42. The average molecular weight is 235 g/mol. The Hall–Kier alpha value is -1.09. The number of nitrogens with zero attached hydrogens (tertiary/aromatic N) is 2. The van der Waals surface area contributed by atoms with Crippen molar-refractivity contribution in [3.63, 3.8) is 0 Å². The van der Waals surface area contributed by atoms with E-state index in [0.29, 0.717) is 12.1 Å². The summed E-state index contributed by atoms with van der Waals surface area (Å²) >= 11 is 0. The molecule has 1 unspecified atom stereocenters. The quantitative estimate of drug-likeness (QED) is 0.821. The molecule has 1 aromatic rings. The van der Waals surface area contributed by atoms with Gasteiger partial charge in [0, 0.05) is 19.1 Å². The van der Waals surface area contributed by atoms with E-state index in [1.165, 1.54) is 5.69 Å². The van der Waals surface area contributed by atoms with E-state index in [2.05, 4.69) is 62.1 Å². The molecule has 0 aliphatic carbocycles. The number of rotatable bonds is 6. The zero-order chi connectivity index (χ0) is 12.8. The molecule has 0 aromatic carbocycles. The maximum absolute atomic E-state index is 4.57. The van der Waals surface area contributed by atoms with Gasteiger partial charge in [0.15, 0.2) is 0 Å². The van der Waals surface area contributed by atoms with Crippen LogP contribution in [0.4, 0.5) is 5.69 Å². The van der Waals surface area contributed by atoms with Gasteiger partial charge < -0.3 is 10.2 Å². The minimum Gasteiger partial charge on any atom is -0.371 e. The predicted octanol–water partition coefficient (Wildman–Crippen LogP) is 2.99. The van der Waals surface area contributed by atoms with Crippen molar-refractivity contribution in [2.45, 2.75) is 46.2 Å². The van der Waals surface area contributed by atoms with Crippen molar-refractivity contribution >= 4 is 5.69 Å². The number of hydrogen-bond donors (Lipinski definition) is 1. The molecule has 1 aromatic heterocycles. The van der Waals surface area contributed by atoms with E-state index >= 15 is 0 Å². The van der Waals surface area contributed by atoms with Crippen LogP contribution in [-0.2, 0) is 0 Å². The fourth-order valence-corrected chi connectivity index (χ4v) is 1.81. The summed E-state index contributed by atoms with van der Waals surface area (Å²) in [6, 6.07) is 5.16. The zero-order valence-corrected chi connectivity index (χ0v) is 11.7. The van der Waals surface area contributed by atoms with Crippen LogP contribution in [0.1, 0.15) is 45.9 Å². The Bertz CT molecular complexity index is 319. The highest BCUT2D eigenvalue weighted by molar-refractivity contribution is 5.44. The van der Waals surface area contributed by atoms with Crippen LogP contribution in [-0.4, -0.2) is 24.6 Å². The lowest BCUT2D eigenvalue weighted by molar-refractivity contribution is 0.524. The monoisotopic (exact) mass is 235 g/mol. The van der Waals surface area contributed by atoms with Gasteiger partial charge >= 0.3 is 0 Å². The van der Waals surface area contributed by atoms with Crippen molar-refractivity contribution in [3.05, 3.63) is 24.0 Å². The SMILES string of the molecule is CCNC(CC)c1ccc(N(C)C(C)C)cn1. The smallest absolute Gasteiger partial charge is 0.0574 e. The number of anilines is 1. The van der Waals surface area contributed by atoms with Crippen molar-refractivity contribution in [1.29, 1.82) is 0 Å². The summed E-state index contributed by atoms with van der Waals surface area (Å²) in [6.07, 6.45) is 3.04. The fraction of sp³-hybridized carbons (Fsp3) is 0.643. The topological polar surface area (TPSA) is 28.2 Å². The van der Waals surface area contributed by atoms with Gasteiger partial charge in [-0.15, -0.1) is 0 Å². The molecule has 1 rings (SSSR count). The molecule has 1 N–H and O–H groups in total. The van der Waals surface area contributed by atoms with Crippen molar-refractivity contribution in [1.82, 2.24) is 10.3 Å². The first kappa shape index (κ1) is 14.0. The first-order valence-corrected chi connectivity index (χ1v) is 6.52. The van der Waals surface area contributed by atoms with Crippen LogP contribution in [0, 0.1) is 0 Å². The highest BCUT2D eigenvalue weighted by atomic mass is 15.1. The lowest BCUT2D eigenvalue weighted by Crippen LogP contribution is -2.26. The van der Waals surface area contributed by atoms with Gasteiger partial charge in [0.05, 0.1) is 17.6 Å². The molecule has 0 aliphatic heterocycles. The maximum atomic E-state index is 4.57. The lowest BCUT2D eigenvalue weighted by Gasteiger charge is -2.24. The fourth-order valence-electron chi connectivity index (χ4n) is 1.81. The predicted molar refractivity (Wildman–Crippen MR) is 74.5 cm³/mol. The Labute approximate surface area is 105 Å². The molecule has 0 saturated carbocycles. The van der Waals surface area contributed by atoms with E-state index in [1.54, 1.807) is 0 Å². The number of hydrogen-bond acceptors (Lipinski definition) is 3. The van der Waals surface area contributed by atoms with Gasteiger partial charge in [0.2, 0.25) is 0 Å². The van der Waals surface area contributed by atoms with Crippen molar-refractivity contribution in [2.75, 3.05) is 18.5 Å². The van der Waals surface area contributed by atoms with Crippen LogP contribution in [0.5, 0.6) is 0 Å². The van der Waals surface area contributed by atoms with Gasteiger partial charge in [-0.05, 0) is 38.9 Å². The minimum absolute atomic E-state index is 0.374. The molecule has 0 amide bonds. The summed E-state index contributed by atoms with van der Waals surface area (Å²) < 4.78 is 0. The zero-order valence-electron chi connectivity index (χ0n) is 11.7. The van der Waals surface area contributed by atoms with Gasteiger partial charge in [-0.3, -0.25) is 4.98 Å². The molecule has 3 heteroatoms. The van der Waals surface area contributed by atoms with E-state index in [0.717, 1.165) is 18.7 Å². The Morgan fingerprint density at radius 2 is 2.00 bits per heavy atom. The van der Waals surface area contributed by atoms with Crippen LogP contribution < -0.4 is 10.2 Å². The third-order valence-corrected chi connectivity index (χ3v) is 3.17. The Balaban J connectivity index is 2.79. The van der Waals surface area contributed by atoms with Gasteiger partial charge in [-0.2, -0.15) is 0 Å². The third-order valence-electron chi connectivity index (χ3n) is 3.17. The number of nitrogens with one attached hydrogen (secondary N) is 1. The van der Waals surface area contributed by atoms with Crippen LogP contribution in [0.15, 0.2) is 18.3 Å². The Morgan fingerprint density at radius 1 is 1.29 bits per heavy atom. The average Bonchev–Trinajstić information content (AvgIpc) is 2.35. The molecule has 0 aliphatic rings. The maximum Gasteiger partial charge on any atom is 0.0574 e. The molecule has 0 fully saturated rings. The number of pyridine rings is 1. The molecule has 1 heterocycles. The molecule has 96 valence electrons. The second kappa shape index (κ2) is 6.60. The molecular formula is C14H25N3. The van der Waals surface area contributed by atoms with Gasteiger partial charge in [-0.1, -0.05) is 13.8 Å². The summed E-state index contributed by atoms with van der Waals surface area (Å²) in [5.74, 6) is 0. The van der Waals surface area contributed by atoms with Gasteiger partial charge in [-0.25, -0.2) is 0 Å². The summed E-state index contributed by atoms with van der Waals surface area (Å²) in [7, 11) is 2.10. The highest BCUT2D eigenvalue weighted by Crippen LogP contribution is 2.18. The van der Waals surface area contributed by atoms with E-state index < -0.39 is 0 Å². The van der Waals surface area contributed by atoms with Crippen molar-refractivity contribution < 1.29 is 0 Å². The van der Waals surface area contributed by atoms with E-state index in [9.17, 15) is 0 Å². The normalized spacial score (nSPS) is 12.8. The minimum atomic E-state index is 0.374. The molecule has 3 nitrogen and oxygen atoms in total. The van der Waals surface area contributed by atoms with Crippen LogP contribution in [0.2, 0.25) is 0 Å². The highest BCUT2D eigenvalue weighted by Gasteiger charge is 2.10. The molecule has 0 radical (unpaired) electrons. The van der Waals surface area contributed by atoms with E-state index in [-0.39, 0.29) is 0 Å². The van der Waals surface area contributed by atoms with Gasteiger partial charge in [0.1, 0.15) is 0 Å². The summed E-state index contributed by atoms with van der Waals surface area (Å²) in [5.41, 5.74) is 2.31. The largest absolute Gasteiger partial charge is 0.371 e. The molecule has 1 atom stereocenters. The second-order valence-corrected chi connectivity index (χ2v) is 4.66. The van der Waals surface area contributed by atoms with Gasteiger partial charge in [0.25, 0.3) is 0 Å². The van der Waals surface area contributed by atoms with E-state index in [1.807, 2.05) is 6.20 Å². The second-order valence-electron chi connectivity index (χ2n) is 4.66. The van der Waals surface area contributed by atoms with E-state index in [4.69, 9.17) is 0 Å². The molecule has 0 spiro atoms.